The maximum Gasteiger partial charge on any atom is 0.255 e. The first-order valence-corrected chi connectivity index (χ1v) is 9.55. The lowest BCUT2D eigenvalue weighted by Crippen LogP contribution is -2.39. The van der Waals surface area contributed by atoms with E-state index in [1.165, 1.54) is 5.56 Å². The van der Waals surface area contributed by atoms with Gasteiger partial charge in [-0.2, -0.15) is 0 Å². The van der Waals surface area contributed by atoms with Gasteiger partial charge < -0.3 is 10.2 Å². The van der Waals surface area contributed by atoms with Crippen molar-refractivity contribution in [1.82, 2.24) is 19.9 Å². The van der Waals surface area contributed by atoms with Crippen LogP contribution in [0.25, 0.3) is 0 Å². The molecule has 4 rings (SSSR count). The highest BCUT2D eigenvalue weighted by molar-refractivity contribution is 5.95. The average molecular weight is 373 g/mol. The number of rotatable bonds is 4. The molecule has 0 spiro atoms. The minimum Gasteiger partial charge on any atom is -0.338 e. The standard InChI is InChI=1S/C22H23N5O/c1-16-19(7-4-11-23-16)22(28)27-13-5-6-18(15-27)17-9-12-25-21(14-17)26-20-8-2-3-10-24-20/h2-4,7-12,14,18H,5-6,13,15H2,1H3,(H,24,25,26)/t18-/m0/s1. The zero-order valence-corrected chi connectivity index (χ0v) is 15.9. The first-order valence-electron chi connectivity index (χ1n) is 9.55. The largest absolute Gasteiger partial charge is 0.338 e. The molecule has 1 amide bonds. The summed E-state index contributed by atoms with van der Waals surface area (Å²) in [7, 11) is 0. The third-order valence-electron chi connectivity index (χ3n) is 5.12. The second kappa shape index (κ2) is 8.17. The number of hydrogen-bond acceptors (Lipinski definition) is 5. The monoisotopic (exact) mass is 373 g/mol. The number of carbonyl (C=O) groups is 1. The number of likely N-dealkylation sites (tertiary alicyclic amines) is 1. The van der Waals surface area contributed by atoms with Crippen LogP contribution < -0.4 is 5.32 Å². The van der Waals surface area contributed by atoms with Crippen LogP contribution in [0, 0.1) is 6.92 Å². The summed E-state index contributed by atoms with van der Waals surface area (Å²) in [6, 6.07) is 13.5. The van der Waals surface area contributed by atoms with Crippen LogP contribution in [0.5, 0.6) is 0 Å². The highest BCUT2D eigenvalue weighted by atomic mass is 16.2. The molecule has 0 saturated carbocycles. The summed E-state index contributed by atoms with van der Waals surface area (Å²) in [5, 5.41) is 3.24. The van der Waals surface area contributed by atoms with Crippen molar-refractivity contribution in [3.63, 3.8) is 0 Å². The molecule has 1 aliphatic heterocycles. The summed E-state index contributed by atoms with van der Waals surface area (Å²) in [6.07, 6.45) is 7.33. The molecule has 0 aromatic carbocycles. The summed E-state index contributed by atoms with van der Waals surface area (Å²) >= 11 is 0. The van der Waals surface area contributed by atoms with Gasteiger partial charge in [0.25, 0.3) is 5.91 Å². The highest BCUT2D eigenvalue weighted by Gasteiger charge is 2.26. The minimum atomic E-state index is 0.0659. The van der Waals surface area contributed by atoms with Crippen molar-refractivity contribution in [2.45, 2.75) is 25.7 Å². The van der Waals surface area contributed by atoms with E-state index >= 15 is 0 Å². The minimum absolute atomic E-state index is 0.0659. The first-order chi connectivity index (χ1) is 13.7. The summed E-state index contributed by atoms with van der Waals surface area (Å²) in [5.41, 5.74) is 2.66. The van der Waals surface area contributed by atoms with E-state index in [2.05, 4.69) is 26.3 Å². The molecule has 4 heterocycles. The third-order valence-corrected chi connectivity index (χ3v) is 5.12. The predicted molar refractivity (Wildman–Crippen MR) is 109 cm³/mol. The zero-order chi connectivity index (χ0) is 19.3. The number of nitrogens with zero attached hydrogens (tertiary/aromatic N) is 4. The van der Waals surface area contributed by atoms with Crippen molar-refractivity contribution in [1.29, 1.82) is 0 Å². The molecular weight excluding hydrogens is 350 g/mol. The first kappa shape index (κ1) is 18.1. The Morgan fingerprint density at radius 3 is 2.71 bits per heavy atom. The molecule has 0 aliphatic carbocycles. The summed E-state index contributed by atoms with van der Waals surface area (Å²) in [5.74, 6) is 1.89. The van der Waals surface area contributed by atoms with E-state index in [1.807, 2.05) is 54.4 Å². The fraction of sp³-hybridized carbons (Fsp3) is 0.273. The lowest BCUT2D eigenvalue weighted by atomic mass is 9.90. The maximum absolute atomic E-state index is 13.0. The molecule has 3 aromatic rings. The Labute approximate surface area is 164 Å². The summed E-state index contributed by atoms with van der Waals surface area (Å²) in [6.45, 7) is 3.38. The van der Waals surface area contributed by atoms with Crippen LogP contribution in [0.4, 0.5) is 11.6 Å². The molecular formula is C22H23N5O. The van der Waals surface area contributed by atoms with Gasteiger partial charge in [-0.15, -0.1) is 0 Å². The molecule has 1 atom stereocenters. The van der Waals surface area contributed by atoms with Crippen molar-refractivity contribution in [3.05, 3.63) is 77.9 Å². The summed E-state index contributed by atoms with van der Waals surface area (Å²) < 4.78 is 0. The van der Waals surface area contributed by atoms with Crippen molar-refractivity contribution in [2.75, 3.05) is 18.4 Å². The topological polar surface area (TPSA) is 71.0 Å². The van der Waals surface area contributed by atoms with Crippen molar-refractivity contribution >= 4 is 17.5 Å². The van der Waals surface area contributed by atoms with Crippen molar-refractivity contribution < 1.29 is 4.79 Å². The van der Waals surface area contributed by atoms with E-state index in [4.69, 9.17) is 0 Å². The second-order valence-electron chi connectivity index (χ2n) is 7.04. The van der Waals surface area contributed by atoms with Crippen LogP contribution in [0.15, 0.2) is 61.1 Å². The Bertz CT molecular complexity index is 960. The van der Waals surface area contributed by atoms with Gasteiger partial charge in [0.1, 0.15) is 11.6 Å². The fourth-order valence-electron chi connectivity index (χ4n) is 3.65. The molecule has 1 aliphatic rings. The third kappa shape index (κ3) is 4.01. The molecule has 0 radical (unpaired) electrons. The number of carbonyl (C=O) groups excluding carboxylic acids is 1. The van der Waals surface area contributed by atoms with Crippen molar-refractivity contribution in [2.24, 2.45) is 0 Å². The van der Waals surface area contributed by atoms with Crippen LogP contribution in [-0.2, 0) is 0 Å². The zero-order valence-electron chi connectivity index (χ0n) is 15.9. The molecule has 3 aromatic heterocycles. The number of piperidine rings is 1. The van der Waals surface area contributed by atoms with Gasteiger partial charge in [0.2, 0.25) is 0 Å². The Kier molecular flexibility index (Phi) is 5.28. The molecule has 1 fully saturated rings. The molecule has 142 valence electrons. The van der Waals surface area contributed by atoms with Gasteiger partial charge in [-0.05, 0) is 61.7 Å². The van der Waals surface area contributed by atoms with E-state index in [-0.39, 0.29) is 5.91 Å². The molecule has 6 nitrogen and oxygen atoms in total. The quantitative estimate of drug-likeness (QED) is 0.750. The summed E-state index contributed by atoms with van der Waals surface area (Å²) in [4.78, 5) is 27.8. The van der Waals surface area contributed by atoms with Crippen LogP contribution in [0.3, 0.4) is 0 Å². The smallest absolute Gasteiger partial charge is 0.255 e. The normalized spacial score (nSPS) is 16.6. The van der Waals surface area contributed by atoms with E-state index in [1.54, 1.807) is 12.4 Å². The molecule has 1 saturated heterocycles. The van der Waals surface area contributed by atoms with Gasteiger partial charge >= 0.3 is 0 Å². The van der Waals surface area contributed by atoms with Gasteiger partial charge in [0.05, 0.1) is 5.56 Å². The Morgan fingerprint density at radius 2 is 1.89 bits per heavy atom. The van der Waals surface area contributed by atoms with Crippen LogP contribution in [0.2, 0.25) is 0 Å². The van der Waals surface area contributed by atoms with E-state index < -0.39 is 0 Å². The van der Waals surface area contributed by atoms with Gasteiger partial charge in [-0.1, -0.05) is 6.07 Å². The highest BCUT2D eigenvalue weighted by Crippen LogP contribution is 2.29. The number of aromatic nitrogens is 3. The molecule has 0 unspecified atom stereocenters. The lowest BCUT2D eigenvalue weighted by Gasteiger charge is -2.33. The molecule has 1 N–H and O–H groups in total. The number of aryl methyl sites for hydroxylation is 1. The van der Waals surface area contributed by atoms with Crippen LogP contribution in [0.1, 0.15) is 40.4 Å². The van der Waals surface area contributed by atoms with Crippen molar-refractivity contribution in [3.8, 4) is 0 Å². The number of amides is 1. The lowest BCUT2D eigenvalue weighted by molar-refractivity contribution is 0.0706. The van der Waals surface area contributed by atoms with E-state index in [9.17, 15) is 4.79 Å². The van der Waals surface area contributed by atoms with Gasteiger partial charge in [0, 0.05) is 43.3 Å². The number of hydrogen-bond donors (Lipinski definition) is 1. The number of pyridine rings is 3. The van der Waals surface area contributed by atoms with Crippen LogP contribution in [-0.4, -0.2) is 38.8 Å². The SMILES string of the molecule is Cc1ncccc1C(=O)N1CCC[C@H](c2ccnc(Nc3ccccn3)c2)C1. The Morgan fingerprint density at radius 1 is 1.04 bits per heavy atom. The van der Waals surface area contributed by atoms with E-state index in [0.717, 1.165) is 36.7 Å². The van der Waals surface area contributed by atoms with Crippen LogP contribution >= 0.6 is 0 Å². The van der Waals surface area contributed by atoms with Gasteiger partial charge in [-0.3, -0.25) is 9.78 Å². The van der Waals surface area contributed by atoms with Gasteiger partial charge in [-0.25, -0.2) is 9.97 Å². The maximum atomic E-state index is 13.0. The Hall–Kier alpha value is -3.28. The second-order valence-corrected chi connectivity index (χ2v) is 7.04. The predicted octanol–water partition coefficient (Wildman–Crippen LogP) is 3.94. The molecule has 0 bridgehead atoms. The molecule has 6 heteroatoms. The Balaban J connectivity index is 1.49. The number of anilines is 2. The number of nitrogens with one attached hydrogen (secondary N) is 1. The fourth-order valence-corrected chi connectivity index (χ4v) is 3.65. The molecule has 28 heavy (non-hydrogen) atoms. The average Bonchev–Trinajstić information content (AvgIpc) is 2.75. The van der Waals surface area contributed by atoms with Gasteiger partial charge in [0.15, 0.2) is 0 Å². The van der Waals surface area contributed by atoms with E-state index in [0.29, 0.717) is 18.0 Å².